The third-order valence-electron chi connectivity index (χ3n) is 3.25. The fourth-order valence-corrected chi connectivity index (χ4v) is 2.10. The molecule has 1 heterocycles. The molecule has 0 aromatic carbocycles. The Morgan fingerprint density at radius 2 is 2.05 bits per heavy atom. The summed E-state index contributed by atoms with van der Waals surface area (Å²) in [6, 6.07) is 3.92. The fraction of sp³-hybridized carbons (Fsp3) is 0.625. The van der Waals surface area contributed by atoms with Gasteiger partial charge in [-0.25, -0.2) is 4.98 Å². The summed E-state index contributed by atoms with van der Waals surface area (Å²) in [5.74, 6) is 0.0270. The average Bonchev–Trinajstić information content (AvgIpc) is 2.44. The summed E-state index contributed by atoms with van der Waals surface area (Å²) in [7, 11) is 0. The Hall–Kier alpha value is -1.58. The molecule has 4 nitrogen and oxygen atoms in total. The number of aromatic nitrogens is 1. The number of hydrogen-bond donors (Lipinski definition) is 1. The van der Waals surface area contributed by atoms with Gasteiger partial charge in [-0.05, 0) is 39.3 Å². The van der Waals surface area contributed by atoms with Crippen molar-refractivity contribution >= 4 is 11.6 Å². The molecule has 4 heteroatoms. The third-order valence-corrected chi connectivity index (χ3v) is 3.25. The van der Waals surface area contributed by atoms with Gasteiger partial charge < -0.3 is 10.2 Å². The number of hydrogen-bond acceptors (Lipinski definition) is 3. The van der Waals surface area contributed by atoms with E-state index >= 15 is 0 Å². The number of rotatable bonds is 8. The standard InChI is InChI=1S/C16H27N3O/c1-5-7-8-11-19(13(3)4)16(20)15-10-9-14(12-18-15)17-6-2/h9-10,12-13,17H,5-8,11H2,1-4H3. The number of carbonyl (C=O) groups excluding carboxylic acids is 1. The highest BCUT2D eigenvalue weighted by Crippen LogP contribution is 2.11. The molecule has 0 aliphatic heterocycles. The van der Waals surface area contributed by atoms with Crippen molar-refractivity contribution in [3.05, 3.63) is 24.0 Å². The van der Waals surface area contributed by atoms with E-state index in [0.29, 0.717) is 5.69 Å². The highest BCUT2D eigenvalue weighted by Gasteiger charge is 2.19. The van der Waals surface area contributed by atoms with Crippen LogP contribution in [-0.2, 0) is 0 Å². The first kappa shape index (κ1) is 16.5. The number of carbonyl (C=O) groups is 1. The van der Waals surface area contributed by atoms with Crippen LogP contribution in [0.5, 0.6) is 0 Å². The molecule has 1 rings (SSSR count). The maximum atomic E-state index is 12.5. The summed E-state index contributed by atoms with van der Waals surface area (Å²) in [4.78, 5) is 18.7. The summed E-state index contributed by atoms with van der Waals surface area (Å²) < 4.78 is 0. The van der Waals surface area contributed by atoms with Crippen molar-refractivity contribution in [3.8, 4) is 0 Å². The van der Waals surface area contributed by atoms with Gasteiger partial charge in [0.2, 0.25) is 0 Å². The molecule has 0 unspecified atom stereocenters. The normalized spacial score (nSPS) is 10.7. The van der Waals surface area contributed by atoms with Gasteiger partial charge >= 0.3 is 0 Å². The van der Waals surface area contributed by atoms with Gasteiger partial charge in [0.15, 0.2) is 0 Å². The first-order valence-electron chi connectivity index (χ1n) is 7.61. The molecule has 1 aromatic heterocycles. The number of amides is 1. The first-order chi connectivity index (χ1) is 9.60. The van der Waals surface area contributed by atoms with Crippen molar-refractivity contribution in [2.45, 2.75) is 53.0 Å². The van der Waals surface area contributed by atoms with E-state index in [9.17, 15) is 4.79 Å². The molecule has 112 valence electrons. The Labute approximate surface area is 122 Å². The molecule has 0 saturated carbocycles. The Morgan fingerprint density at radius 3 is 2.55 bits per heavy atom. The zero-order valence-corrected chi connectivity index (χ0v) is 13.1. The Kier molecular flexibility index (Phi) is 7.05. The summed E-state index contributed by atoms with van der Waals surface area (Å²) in [6.07, 6.45) is 5.09. The molecule has 0 bridgehead atoms. The predicted octanol–water partition coefficient (Wildman–Crippen LogP) is 3.55. The van der Waals surface area contributed by atoms with Crippen molar-refractivity contribution in [3.63, 3.8) is 0 Å². The Balaban J connectivity index is 2.72. The lowest BCUT2D eigenvalue weighted by atomic mass is 10.2. The van der Waals surface area contributed by atoms with Gasteiger partial charge in [-0.3, -0.25) is 4.79 Å². The van der Waals surface area contributed by atoms with Crippen LogP contribution in [0.2, 0.25) is 0 Å². The van der Waals surface area contributed by atoms with Crippen LogP contribution in [0.1, 0.15) is 57.4 Å². The van der Waals surface area contributed by atoms with E-state index in [1.807, 2.05) is 17.9 Å². The van der Waals surface area contributed by atoms with Gasteiger partial charge in [0.1, 0.15) is 5.69 Å². The Bertz CT molecular complexity index is 401. The molecular weight excluding hydrogens is 250 g/mol. The van der Waals surface area contributed by atoms with E-state index in [1.165, 1.54) is 0 Å². The largest absolute Gasteiger partial charge is 0.384 e. The minimum Gasteiger partial charge on any atom is -0.384 e. The van der Waals surface area contributed by atoms with Crippen LogP contribution in [0.3, 0.4) is 0 Å². The molecule has 0 aliphatic rings. The highest BCUT2D eigenvalue weighted by atomic mass is 16.2. The quantitative estimate of drug-likeness (QED) is 0.739. The van der Waals surface area contributed by atoms with Crippen molar-refractivity contribution in [1.29, 1.82) is 0 Å². The minimum atomic E-state index is 0.0270. The zero-order chi connectivity index (χ0) is 15.0. The summed E-state index contributed by atoms with van der Waals surface area (Å²) in [5.41, 5.74) is 1.47. The van der Waals surface area contributed by atoms with E-state index in [4.69, 9.17) is 0 Å². The second-order valence-corrected chi connectivity index (χ2v) is 5.26. The maximum Gasteiger partial charge on any atom is 0.272 e. The van der Waals surface area contributed by atoms with Crippen molar-refractivity contribution in [2.75, 3.05) is 18.4 Å². The molecule has 0 spiro atoms. The fourth-order valence-electron chi connectivity index (χ4n) is 2.10. The SMILES string of the molecule is CCCCCN(C(=O)c1ccc(NCC)cn1)C(C)C. The van der Waals surface area contributed by atoms with Gasteiger partial charge in [-0.2, -0.15) is 0 Å². The highest BCUT2D eigenvalue weighted by molar-refractivity contribution is 5.92. The van der Waals surface area contributed by atoms with Crippen molar-refractivity contribution < 1.29 is 4.79 Å². The molecule has 0 atom stereocenters. The topological polar surface area (TPSA) is 45.2 Å². The summed E-state index contributed by atoms with van der Waals surface area (Å²) in [6.45, 7) is 9.97. The van der Waals surface area contributed by atoms with E-state index in [1.54, 1.807) is 12.3 Å². The minimum absolute atomic E-state index is 0.0270. The predicted molar refractivity (Wildman–Crippen MR) is 84.1 cm³/mol. The monoisotopic (exact) mass is 277 g/mol. The third kappa shape index (κ3) is 4.83. The smallest absolute Gasteiger partial charge is 0.272 e. The van der Waals surface area contributed by atoms with Crippen LogP contribution in [0.15, 0.2) is 18.3 Å². The van der Waals surface area contributed by atoms with Crippen LogP contribution >= 0.6 is 0 Å². The Morgan fingerprint density at radius 1 is 1.30 bits per heavy atom. The van der Waals surface area contributed by atoms with E-state index in [0.717, 1.165) is 38.0 Å². The first-order valence-corrected chi connectivity index (χ1v) is 7.61. The number of pyridine rings is 1. The van der Waals surface area contributed by atoms with E-state index < -0.39 is 0 Å². The van der Waals surface area contributed by atoms with Gasteiger partial charge in [0.25, 0.3) is 5.91 Å². The van der Waals surface area contributed by atoms with E-state index in [2.05, 4.69) is 31.1 Å². The van der Waals surface area contributed by atoms with E-state index in [-0.39, 0.29) is 11.9 Å². The molecular formula is C16H27N3O. The van der Waals surface area contributed by atoms with Crippen LogP contribution in [0, 0.1) is 0 Å². The second-order valence-electron chi connectivity index (χ2n) is 5.26. The van der Waals surface area contributed by atoms with Gasteiger partial charge in [0.05, 0.1) is 11.9 Å². The van der Waals surface area contributed by atoms with Crippen LogP contribution < -0.4 is 5.32 Å². The molecule has 1 amide bonds. The summed E-state index contributed by atoms with van der Waals surface area (Å²) >= 11 is 0. The second kappa shape index (κ2) is 8.56. The molecule has 20 heavy (non-hydrogen) atoms. The van der Waals surface area contributed by atoms with Crippen LogP contribution in [-0.4, -0.2) is 34.9 Å². The van der Waals surface area contributed by atoms with Crippen molar-refractivity contribution in [1.82, 2.24) is 9.88 Å². The molecule has 0 radical (unpaired) electrons. The lowest BCUT2D eigenvalue weighted by Gasteiger charge is -2.26. The molecule has 1 aromatic rings. The maximum absolute atomic E-state index is 12.5. The summed E-state index contributed by atoms with van der Waals surface area (Å²) in [5, 5.41) is 3.18. The molecule has 0 fully saturated rings. The number of anilines is 1. The molecule has 0 aliphatic carbocycles. The molecule has 1 N–H and O–H groups in total. The number of nitrogens with one attached hydrogen (secondary N) is 1. The van der Waals surface area contributed by atoms with Crippen LogP contribution in [0.4, 0.5) is 5.69 Å². The average molecular weight is 277 g/mol. The number of nitrogens with zero attached hydrogens (tertiary/aromatic N) is 2. The van der Waals surface area contributed by atoms with Gasteiger partial charge in [0, 0.05) is 19.1 Å². The lowest BCUT2D eigenvalue weighted by molar-refractivity contribution is 0.0696. The lowest BCUT2D eigenvalue weighted by Crippen LogP contribution is -2.38. The zero-order valence-electron chi connectivity index (χ0n) is 13.1. The van der Waals surface area contributed by atoms with Crippen LogP contribution in [0.25, 0.3) is 0 Å². The van der Waals surface area contributed by atoms with Gasteiger partial charge in [-0.15, -0.1) is 0 Å². The van der Waals surface area contributed by atoms with Gasteiger partial charge in [-0.1, -0.05) is 19.8 Å². The number of unbranched alkanes of at least 4 members (excludes halogenated alkanes) is 2. The molecule has 0 saturated heterocycles. The van der Waals surface area contributed by atoms with Crippen molar-refractivity contribution in [2.24, 2.45) is 0 Å².